The number of para-hydroxylation sites is 1. The van der Waals surface area contributed by atoms with Gasteiger partial charge < -0.3 is 4.42 Å². The van der Waals surface area contributed by atoms with Gasteiger partial charge >= 0.3 is 0 Å². The Hall–Kier alpha value is -2.63. The van der Waals surface area contributed by atoms with Crippen molar-refractivity contribution < 1.29 is 9.21 Å². The molecule has 1 amide bonds. The van der Waals surface area contributed by atoms with Gasteiger partial charge in [0.1, 0.15) is 16.2 Å². The van der Waals surface area contributed by atoms with Crippen molar-refractivity contribution in [1.82, 2.24) is 5.43 Å². The third kappa shape index (κ3) is 2.92. The topological polar surface area (TPSA) is 54.6 Å². The first-order valence-electron chi connectivity index (χ1n) is 7.64. The van der Waals surface area contributed by atoms with Gasteiger partial charge in [-0.2, -0.15) is 5.10 Å². The Morgan fingerprint density at radius 1 is 1.16 bits per heavy atom. The van der Waals surface area contributed by atoms with E-state index < -0.39 is 0 Å². The van der Waals surface area contributed by atoms with Gasteiger partial charge in [-0.25, -0.2) is 5.43 Å². The number of nitrogens with one attached hydrogen (secondary N) is 1. The molecule has 1 N–H and O–H groups in total. The summed E-state index contributed by atoms with van der Waals surface area (Å²) in [6.07, 6.45) is 0. The Balaban J connectivity index is 1.59. The van der Waals surface area contributed by atoms with Gasteiger partial charge in [-0.1, -0.05) is 48.0 Å². The van der Waals surface area contributed by atoms with Crippen molar-refractivity contribution in [3.05, 3.63) is 70.3 Å². The number of halogens is 1. The second-order valence-corrected chi connectivity index (χ2v) is 6.96. The average Bonchev–Trinajstić information content (AvgIpc) is 3.21. The number of furan rings is 1. The normalized spacial score (nSPS) is 12.0. The lowest BCUT2D eigenvalue weighted by molar-refractivity contribution is 0.0959. The molecule has 0 fully saturated rings. The molecule has 2 aromatic heterocycles. The first-order chi connectivity index (χ1) is 12.1. The minimum Gasteiger partial charge on any atom is -0.455 e. The van der Waals surface area contributed by atoms with Crippen LogP contribution in [0.25, 0.3) is 21.1 Å². The monoisotopic (exact) mass is 368 g/mol. The molecule has 0 bridgehead atoms. The fourth-order valence-electron chi connectivity index (χ4n) is 2.56. The summed E-state index contributed by atoms with van der Waals surface area (Å²) in [4.78, 5) is 12.9. The van der Waals surface area contributed by atoms with Gasteiger partial charge in [0.2, 0.25) is 0 Å². The number of amides is 1. The summed E-state index contributed by atoms with van der Waals surface area (Å²) >= 11 is 7.67. The van der Waals surface area contributed by atoms with Crippen LogP contribution in [0.15, 0.2) is 64.1 Å². The number of benzene rings is 2. The molecule has 4 nitrogen and oxygen atoms in total. The van der Waals surface area contributed by atoms with Crippen molar-refractivity contribution in [3.63, 3.8) is 0 Å². The summed E-state index contributed by atoms with van der Waals surface area (Å²) < 4.78 is 6.70. The zero-order chi connectivity index (χ0) is 17.4. The highest BCUT2D eigenvalue weighted by Crippen LogP contribution is 2.34. The molecular weight excluding hydrogens is 356 g/mol. The molecule has 0 aliphatic rings. The molecule has 0 spiro atoms. The van der Waals surface area contributed by atoms with Crippen LogP contribution in [-0.2, 0) is 0 Å². The van der Waals surface area contributed by atoms with Gasteiger partial charge in [0.25, 0.3) is 5.91 Å². The van der Waals surface area contributed by atoms with E-state index in [1.165, 1.54) is 11.3 Å². The SMILES string of the molecule is C/C(=N/NC(=O)c1sc2ccccc2c1Cl)c1cc2ccccc2o1. The number of carbonyl (C=O) groups excluding carboxylic acids is 1. The van der Waals surface area contributed by atoms with Crippen molar-refractivity contribution in [2.45, 2.75) is 6.92 Å². The average molecular weight is 369 g/mol. The molecule has 0 saturated carbocycles. The van der Waals surface area contributed by atoms with Gasteiger partial charge in [0.15, 0.2) is 5.76 Å². The molecule has 0 unspecified atom stereocenters. The quantitative estimate of drug-likeness (QED) is 0.386. The largest absolute Gasteiger partial charge is 0.455 e. The van der Waals surface area contributed by atoms with Crippen molar-refractivity contribution >= 4 is 55.6 Å². The molecule has 0 atom stereocenters. The Morgan fingerprint density at radius 3 is 2.72 bits per heavy atom. The summed E-state index contributed by atoms with van der Waals surface area (Å²) in [5, 5.41) is 6.47. The molecule has 2 heterocycles. The molecule has 4 aromatic rings. The van der Waals surface area contributed by atoms with Gasteiger partial charge in [-0.15, -0.1) is 11.3 Å². The number of hydrazone groups is 1. The zero-order valence-electron chi connectivity index (χ0n) is 13.2. The maximum Gasteiger partial charge on any atom is 0.283 e. The van der Waals surface area contributed by atoms with E-state index in [1.54, 1.807) is 6.92 Å². The molecule has 4 rings (SSSR count). The first kappa shape index (κ1) is 15.9. The molecule has 0 radical (unpaired) electrons. The van der Waals surface area contributed by atoms with E-state index in [4.69, 9.17) is 16.0 Å². The Morgan fingerprint density at radius 2 is 1.92 bits per heavy atom. The number of hydrogen-bond acceptors (Lipinski definition) is 4. The fourth-order valence-corrected chi connectivity index (χ4v) is 3.97. The highest BCUT2D eigenvalue weighted by molar-refractivity contribution is 7.21. The third-order valence-electron chi connectivity index (χ3n) is 3.85. The maximum absolute atomic E-state index is 12.4. The van der Waals surface area contributed by atoms with Crippen LogP contribution in [0.4, 0.5) is 0 Å². The number of hydrogen-bond donors (Lipinski definition) is 1. The molecule has 2 aromatic carbocycles. The van der Waals surface area contributed by atoms with Gasteiger partial charge in [0.05, 0.1) is 5.02 Å². The molecule has 124 valence electrons. The second-order valence-electron chi connectivity index (χ2n) is 5.53. The van der Waals surface area contributed by atoms with Crippen LogP contribution < -0.4 is 5.43 Å². The number of fused-ring (bicyclic) bond motifs is 2. The van der Waals surface area contributed by atoms with Crippen molar-refractivity contribution in [3.8, 4) is 0 Å². The van der Waals surface area contributed by atoms with Gasteiger partial charge in [-0.05, 0) is 25.1 Å². The van der Waals surface area contributed by atoms with Crippen LogP contribution in [0.5, 0.6) is 0 Å². The first-order valence-corrected chi connectivity index (χ1v) is 8.83. The highest BCUT2D eigenvalue weighted by Gasteiger charge is 2.16. The van der Waals surface area contributed by atoms with E-state index in [-0.39, 0.29) is 5.91 Å². The summed E-state index contributed by atoms with van der Waals surface area (Å²) in [6.45, 7) is 1.78. The van der Waals surface area contributed by atoms with E-state index in [0.717, 1.165) is 21.1 Å². The molecule has 0 aliphatic heterocycles. The lowest BCUT2D eigenvalue weighted by atomic mass is 10.2. The van der Waals surface area contributed by atoms with Crippen molar-refractivity contribution in [2.24, 2.45) is 5.10 Å². The Bertz CT molecular complexity index is 1090. The van der Waals surface area contributed by atoms with Crippen LogP contribution in [0.1, 0.15) is 22.4 Å². The number of carbonyl (C=O) groups is 1. The smallest absolute Gasteiger partial charge is 0.283 e. The summed E-state index contributed by atoms with van der Waals surface area (Å²) in [5.74, 6) is 0.283. The van der Waals surface area contributed by atoms with E-state index in [1.807, 2.05) is 54.6 Å². The molecule has 0 saturated heterocycles. The number of nitrogens with zero attached hydrogens (tertiary/aromatic N) is 1. The van der Waals surface area contributed by atoms with Crippen molar-refractivity contribution in [2.75, 3.05) is 0 Å². The van der Waals surface area contributed by atoms with Gasteiger partial charge in [-0.3, -0.25) is 4.79 Å². The van der Waals surface area contributed by atoms with Crippen LogP contribution in [0.2, 0.25) is 5.02 Å². The predicted molar refractivity (Wildman–Crippen MR) is 103 cm³/mol. The van der Waals surface area contributed by atoms with E-state index in [2.05, 4.69) is 10.5 Å². The third-order valence-corrected chi connectivity index (χ3v) is 5.52. The second kappa shape index (κ2) is 6.35. The molecular formula is C19H13ClN2O2S. The van der Waals surface area contributed by atoms with Gasteiger partial charge in [0, 0.05) is 15.5 Å². The van der Waals surface area contributed by atoms with Crippen LogP contribution >= 0.6 is 22.9 Å². The molecule has 0 aliphatic carbocycles. The van der Waals surface area contributed by atoms with E-state index >= 15 is 0 Å². The minimum absolute atomic E-state index is 0.332. The lowest BCUT2D eigenvalue weighted by Crippen LogP contribution is -2.18. The molecule has 25 heavy (non-hydrogen) atoms. The fraction of sp³-hybridized carbons (Fsp3) is 0.0526. The van der Waals surface area contributed by atoms with Crippen molar-refractivity contribution in [1.29, 1.82) is 0 Å². The van der Waals surface area contributed by atoms with Crippen LogP contribution in [-0.4, -0.2) is 11.6 Å². The number of thiophene rings is 1. The van der Waals surface area contributed by atoms with E-state index in [9.17, 15) is 4.79 Å². The summed E-state index contributed by atoms with van der Waals surface area (Å²) in [7, 11) is 0. The number of rotatable bonds is 3. The predicted octanol–water partition coefficient (Wildman–Crippen LogP) is 5.45. The lowest BCUT2D eigenvalue weighted by Gasteiger charge is -1.99. The standard InChI is InChI=1S/C19H13ClN2O2S/c1-11(15-10-12-6-2-4-8-14(12)24-15)21-22-19(23)18-17(20)13-7-3-5-9-16(13)25-18/h2-10H,1H3,(H,22,23)/b21-11-. The van der Waals surface area contributed by atoms with E-state index in [0.29, 0.717) is 21.4 Å². The Labute approximate surface area is 152 Å². The molecule has 6 heteroatoms. The Kier molecular flexibility index (Phi) is 4.03. The highest BCUT2D eigenvalue weighted by atomic mass is 35.5. The minimum atomic E-state index is -0.332. The van der Waals surface area contributed by atoms with Crippen LogP contribution in [0, 0.1) is 0 Å². The summed E-state index contributed by atoms with van der Waals surface area (Å²) in [6, 6.07) is 17.2. The van der Waals surface area contributed by atoms with Crippen LogP contribution in [0.3, 0.4) is 0 Å². The summed E-state index contributed by atoms with van der Waals surface area (Å²) in [5.41, 5.74) is 3.93. The zero-order valence-corrected chi connectivity index (χ0v) is 14.8. The maximum atomic E-state index is 12.4.